The molecule has 0 bridgehead atoms. The van der Waals surface area contributed by atoms with E-state index in [0.29, 0.717) is 12.2 Å². The van der Waals surface area contributed by atoms with E-state index >= 15 is 0 Å². The van der Waals surface area contributed by atoms with Crippen molar-refractivity contribution in [1.82, 2.24) is 9.88 Å². The maximum Gasteiger partial charge on any atom is 0.140 e. The highest BCUT2D eigenvalue weighted by Gasteiger charge is 2.04. The van der Waals surface area contributed by atoms with Gasteiger partial charge in [0.2, 0.25) is 0 Å². The minimum absolute atomic E-state index is 0.544. The van der Waals surface area contributed by atoms with Crippen molar-refractivity contribution in [1.29, 1.82) is 5.26 Å². The van der Waals surface area contributed by atoms with Gasteiger partial charge < -0.3 is 5.43 Å². The Kier molecular flexibility index (Phi) is 5.26. The summed E-state index contributed by atoms with van der Waals surface area (Å²) in [5, 5.41) is 8.54. The summed E-state index contributed by atoms with van der Waals surface area (Å²) < 4.78 is 0. The van der Waals surface area contributed by atoms with E-state index < -0.39 is 0 Å². The van der Waals surface area contributed by atoms with Crippen LogP contribution < -0.4 is 11.3 Å². The largest absolute Gasteiger partial charge is 0.308 e. The number of pyridine rings is 1. The zero-order chi connectivity index (χ0) is 11.8. The van der Waals surface area contributed by atoms with Gasteiger partial charge in [0.25, 0.3) is 0 Å². The van der Waals surface area contributed by atoms with E-state index in [1.54, 1.807) is 0 Å². The summed E-state index contributed by atoms with van der Waals surface area (Å²) in [6, 6.07) is 7.83. The van der Waals surface area contributed by atoms with E-state index in [0.717, 1.165) is 25.3 Å². The lowest BCUT2D eigenvalue weighted by Crippen LogP contribution is -2.24. The zero-order valence-corrected chi connectivity index (χ0v) is 9.48. The van der Waals surface area contributed by atoms with Gasteiger partial charge in [-0.05, 0) is 18.7 Å². The van der Waals surface area contributed by atoms with E-state index in [-0.39, 0.29) is 0 Å². The number of hydrogen-bond acceptors (Lipinski definition) is 5. The first kappa shape index (κ1) is 12.4. The van der Waals surface area contributed by atoms with Crippen LogP contribution in [-0.4, -0.2) is 23.0 Å². The molecule has 0 unspecified atom stereocenters. The molecule has 0 saturated heterocycles. The zero-order valence-electron chi connectivity index (χ0n) is 9.48. The average Bonchev–Trinajstić information content (AvgIpc) is 2.34. The molecule has 1 heterocycles. The Morgan fingerprint density at radius 1 is 1.56 bits per heavy atom. The maximum absolute atomic E-state index is 8.54. The van der Waals surface area contributed by atoms with Crippen molar-refractivity contribution in [2.45, 2.75) is 19.9 Å². The van der Waals surface area contributed by atoms with Gasteiger partial charge in [-0.15, -0.1) is 0 Å². The van der Waals surface area contributed by atoms with Gasteiger partial charge in [0.15, 0.2) is 0 Å². The minimum atomic E-state index is 0.544. The van der Waals surface area contributed by atoms with Gasteiger partial charge >= 0.3 is 0 Å². The smallest absolute Gasteiger partial charge is 0.140 e. The highest BCUT2D eigenvalue weighted by atomic mass is 15.3. The third kappa shape index (κ3) is 3.85. The van der Waals surface area contributed by atoms with Crippen LogP contribution in [0.15, 0.2) is 18.2 Å². The Labute approximate surface area is 95.9 Å². The number of aromatic nitrogens is 1. The molecule has 1 aromatic heterocycles. The number of hydrogen-bond donors (Lipinski definition) is 2. The first-order chi connectivity index (χ1) is 7.80. The number of nitrogens with zero attached hydrogens (tertiary/aromatic N) is 3. The lowest BCUT2D eigenvalue weighted by Gasteiger charge is -2.18. The molecule has 0 spiro atoms. The van der Waals surface area contributed by atoms with Crippen molar-refractivity contribution in [3.63, 3.8) is 0 Å². The second-order valence-electron chi connectivity index (χ2n) is 3.44. The Hall–Kier alpha value is -1.64. The average molecular weight is 219 g/mol. The third-order valence-electron chi connectivity index (χ3n) is 2.33. The number of hydrazine groups is 1. The van der Waals surface area contributed by atoms with Gasteiger partial charge in [0, 0.05) is 19.5 Å². The first-order valence-corrected chi connectivity index (χ1v) is 5.32. The van der Waals surface area contributed by atoms with Gasteiger partial charge in [-0.2, -0.15) is 5.26 Å². The molecule has 5 nitrogen and oxygen atoms in total. The van der Waals surface area contributed by atoms with Gasteiger partial charge in [-0.3, -0.25) is 4.90 Å². The van der Waals surface area contributed by atoms with E-state index in [4.69, 9.17) is 11.1 Å². The molecule has 86 valence electrons. The molecule has 3 N–H and O–H groups in total. The van der Waals surface area contributed by atoms with Crippen LogP contribution in [0.2, 0.25) is 0 Å². The summed E-state index contributed by atoms with van der Waals surface area (Å²) in [7, 11) is 0. The predicted molar refractivity (Wildman–Crippen MR) is 63.2 cm³/mol. The van der Waals surface area contributed by atoms with Crippen LogP contribution in [0.4, 0.5) is 5.82 Å². The summed E-state index contributed by atoms with van der Waals surface area (Å²) >= 11 is 0. The van der Waals surface area contributed by atoms with E-state index in [2.05, 4.69) is 28.3 Å². The van der Waals surface area contributed by atoms with E-state index in [1.807, 2.05) is 18.2 Å². The van der Waals surface area contributed by atoms with Gasteiger partial charge in [-0.1, -0.05) is 13.0 Å². The number of nitrogens with two attached hydrogens (primary N) is 1. The fourth-order valence-electron chi connectivity index (χ4n) is 1.43. The first-order valence-electron chi connectivity index (χ1n) is 5.32. The Bertz CT molecular complexity index is 358. The molecule has 1 aromatic rings. The molecular formula is C11H17N5. The lowest BCUT2D eigenvalue weighted by atomic mass is 10.3. The molecule has 0 aliphatic rings. The van der Waals surface area contributed by atoms with Gasteiger partial charge in [0.1, 0.15) is 5.82 Å². The molecule has 0 aromatic carbocycles. The summed E-state index contributed by atoms with van der Waals surface area (Å²) in [6.45, 7) is 4.49. The minimum Gasteiger partial charge on any atom is -0.308 e. The quantitative estimate of drug-likeness (QED) is 0.553. The summed E-state index contributed by atoms with van der Waals surface area (Å²) in [5.41, 5.74) is 3.47. The molecule has 1 rings (SSSR count). The highest BCUT2D eigenvalue weighted by Crippen LogP contribution is 2.06. The Morgan fingerprint density at radius 3 is 3.00 bits per heavy atom. The maximum atomic E-state index is 8.54. The fraction of sp³-hybridized carbons (Fsp3) is 0.455. The summed E-state index contributed by atoms with van der Waals surface area (Å²) in [4.78, 5) is 6.50. The van der Waals surface area contributed by atoms with Crippen molar-refractivity contribution in [2.75, 3.05) is 18.5 Å². The molecular weight excluding hydrogens is 202 g/mol. The van der Waals surface area contributed by atoms with Crippen LogP contribution in [0.3, 0.4) is 0 Å². The molecule has 0 amide bonds. The van der Waals surface area contributed by atoms with E-state index in [1.165, 1.54) is 0 Å². The molecule has 0 fully saturated rings. The number of anilines is 1. The van der Waals surface area contributed by atoms with Crippen molar-refractivity contribution in [3.05, 3.63) is 23.9 Å². The van der Waals surface area contributed by atoms with Crippen molar-refractivity contribution >= 4 is 5.82 Å². The van der Waals surface area contributed by atoms with Gasteiger partial charge in [0.05, 0.1) is 11.8 Å². The van der Waals surface area contributed by atoms with E-state index in [9.17, 15) is 0 Å². The van der Waals surface area contributed by atoms with Crippen LogP contribution in [0.1, 0.15) is 19.0 Å². The third-order valence-corrected chi connectivity index (χ3v) is 2.33. The Balaban J connectivity index is 2.59. The fourth-order valence-corrected chi connectivity index (χ4v) is 1.43. The van der Waals surface area contributed by atoms with Crippen molar-refractivity contribution < 1.29 is 0 Å². The molecule has 0 saturated carbocycles. The molecule has 0 aliphatic heterocycles. The van der Waals surface area contributed by atoms with Crippen LogP contribution >= 0.6 is 0 Å². The lowest BCUT2D eigenvalue weighted by molar-refractivity contribution is 0.283. The summed E-state index contributed by atoms with van der Waals surface area (Å²) in [6.07, 6.45) is 0.544. The van der Waals surface area contributed by atoms with Crippen LogP contribution in [0.5, 0.6) is 0 Å². The SMILES string of the molecule is CCN(CCC#N)Cc1cccc(NN)n1. The predicted octanol–water partition coefficient (Wildman–Crippen LogP) is 1.10. The topological polar surface area (TPSA) is 78.0 Å². The normalized spacial score (nSPS) is 10.1. The van der Waals surface area contributed by atoms with Crippen LogP contribution in [-0.2, 0) is 6.54 Å². The molecule has 5 heteroatoms. The van der Waals surface area contributed by atoms with Gasteiger partial charge in [-0.25, -0.2) is 10.8 Å². The molecule has 16 heavy (non-hydrogen) atoms. The molecule has 0 radical (unpaired) electrons. The standard InChI is InChI=1S/C11H17N5/c1-2-16(8-4-7-12)9-10-5-3-6-11(14-10)15-13/h3,5-6H,2,4,8-9,13H2,1H3,(H,14,15). The summed E-state index contributed by atoms with van der Waals surface area (Å²) in [5.74, 6) is 5.95. The number of rotatable bonds is 6. The molecule has 0 aliphatic carbocycles. The Morgan fingerprint density at radius 2 is 2.38 bits per heavy atom. The monoisotopic (exact) mass is 219 g/mol. The van der Waals surface area contributed by atoms with Crippen LogP contribution in [0.25, 0.3) is 0 Å². The number of nitrogens with one attached hydrogen (secondary N) is 1. The number of nitriles is 1. The second kappa shape index (κ2) is 6.77. The highest BCUT2D eigenvalue weighted by molar-refractivity contribution is 5.33. The molecule has 0 atom stereocenters. The van der Waals surface area contributed by atoms with Crippen LogP contribution in [0, 0.1) is 11.3 Å². The van der Waals surface area contributed by atoms with Crippen molar-refractivity contribution in [2.24, 2.45) is 5.84 Å². The van der Waals surface area contributed by atoms with Crippen molar-refractivity contribution in [3.8, 4) is 6.07 Å². The second-order valence-corrected chi connectivity index (χ2v) is 3.44. The number of nitrogen functional groups attached to an aromatic ring is 1.